The lowest BCUT2D eigenvalue weighted by molar-refractivity contribution is -0.167. The van der Waals surface area contributed by atoms with Crippen molar-refractivity contribution in [2.45, 2.75) is 57.9 Å². The average Bonchev–Trinajstić information content (AvgIpc) is 2.81. The number of carbonyl (C=O) groups excluding carboxylic acids is 3. The molecule has 1 N–H and O–H groups in total. The van der Waals surface area contributed by atoms with Crippen molar-refractivity contribution in [1.82, 2.24) is 15.2 Å². The van der Waals surface area contributed by atoms with Crippen LogP contribution in [-0.2, 0) is 25.7 Å². The number of aromatic nitrogens is 1. The maximum atomic E-state index is 12.8. The monoisotopic (exact) mass is 483 g/mol. The Labute approximate surface area is 204 Å². The van der Waals surface area contributed by atoms with Gasteiger partial charge in [-0.05, 0) is 51.3 Å². The van der Waals surface area contributed by atoms with Gasteiger partial charge in [-0.1, -0.05) is 48.6 Å². The zero-order valence-corrected chi connectivity index (χ0v) is 20.3. The summed E-state index contributed by atoms with van der Waals surface area (Å²) in [5.74, 6) is -0.875. The van der Waals surface area contributed by atoms with E-state index >= 15 is 0 Å². The number of carbonyl (C=O) groups is 3. The van der Waals surface area contributed by atoms with Gasteiger partial charge in [-0.25, -0.2) is 4.79 Å². The summed E-state index contributed by atoms with van der Waals surface area (Å²) >= 11 is 5.49. The highest BCUT2D eigenvalue weighted by atomic mass is 32.1. The minimum atomic E-state index is -0.808. The third-order valence-electron chi connectivity index (χ3n) is 5.16. The molecule has 0 spiro atoms. The van der Waals surface area contributed by atoms with Crippen molar-refractivity contribution in [3.05, 3.63) is 66.0 Å². The summed E-state index contributed by atoms with van der Waals surface area (Å²) in [6.07, 6.45) is 1.88. The lowest BCUT2D eigenvalue weighted by Gasteiger charge is -2.46. The molecule has 1 aliphatic rings. The quantitative estimate of drug-likeness (QED) is 0.253. The summed E-state index contributed by atoms with van der Waals surface area (Å²) in [7, 11) is 0. The fraction of sp³-hybridized carbons (Fsp3) is 0.400. The van der Waals surface area contributed by atoms with Crippen molar-refractivity contribution in [3.8, 4) is 0 Å². The van der Waals surface area contributed by atoms with Gasteiger partial charge in [0.1, 0.15) is 24.8 Å². The topological polar surface area (TPSA) is 97.8 Å². The molecule has 9 heteroatoms. The number of hydrogen-bond donors (Lipinski definition) is 1. The molecule has 0 radical (unpaired) electrons. The highest BCUT2D eigenvalue weighted by molar-refractivity contribution is 7.80. The van der Waals surface area contributed by atoms with E-state index in [-0.39, 0.29) is 19.1 Å². The molecule has 0 unspecified atom stereocenters. The number of nitrogens with zero attached hydrogens (tertiary/aromatic N) is 2. The predicted molar refractivity (Wildman–Crippen MR) is 130 cm³/mol. The van der Waals surface area contributed by atoms with Gasteiger partial charge in [-0.2, -0.15) is 0 Å². The number of pyridine rings is 1. The van der Waals surface area contributed by atoms with E-state index in [0.717, 1.165) is 5.56 Å². The van der Waals surface area contributed by atoms with Crippen LogP contribution in [0.5, 0.6) is 0 Å². The Hall–Kier alpha value is -3.33. The molecule has 0 aliphatic carbocycles. The van der Waals surface area contributed by atoms with E-state index in [1.165, 1.54) is 4.90 Å². The van der Waals surface area contributed by atoms with Crippen LogP contribution in [0, 0.1) is 0 Å². The number of benzene rings is 1. The first-order chi connectivity index (χ1) is 16.1. The molecule has 34 heavy (non-hydrogen) atoms. The molecule has 2 heterocycles. The number of thiocarbonyl (C=S) groups is 1. The van der Waals surface area contributed by atoms with Crippen molar-refractivity contribution in [2.75, 3.05) is 6.54 Å². The molecule has 1 fully saturated rings. The van der Waals surface area contributed by atoms with Crippen LogP contribution in [0.15, 0.2) is 54.7 Å². The third kappa shape index (κ3) is 7.08. The molecule has 3 rings (SSSR count). The first kappa shape index (κ1) is 25.3. The second-order valence-corrected chi connectivity index (χ2v) is 9.47. The summed E-state index contributed by atoms with van der Waals surface area (Å²) in [6.45, 7) is 5.17. The minimum absolute atomic E-state index is 0.0869. The SMILES string of the molecule is CC(C)(C)OC(=O)CN1C(=O)[C@@H](NC(=O)OCc2ccccc2)[C@H]1CCC(=S)c1ccccn1. The van der Waals surface area contributed by atoms with E-state index < -0.39 is 29.7 Å². The largest absolute Gasteiger partial charge is 0.459 e. The zero-order chi connectivity index (χ0) is 24.7. The molecule has 180 valence electrons. The van der Waals surface area contributed by atoms with Gasteiger partial charge in [0.15, 0.2) is 0 Å². The summed E-state index contributed by atoms with van der Waals surface area (Å²) < 4.78 is 10.6. The number of hydrogen-bond acceptors (Lipinski definition) is 7. The fourth-order valence-corrected chi connectivity index (χ4v) is 3.86. The number of ether oxygens (including phenoxy) is 2. The Morgan fingerprint density at radius 3 is 2.47 bits per heavy atom. The number of rotatable bonds is 9. The fourth-order valence-electron chi connectivity index (χ4n) is 3.62. The smallest absolute Gasteiger partial charge is 0.408 e. The van der Waals surface area contributed by atoms with Crippen LogP contribution in [0.2, 0.25) is 0 Å². The van der Waals surface area contributed by atoms with E-state index in [4.69, 9.17) is 21.7 Å². The van der Waals surface area contributed by atoms with Gasteiger partial charge < -0.3 is 19.7 Å². The molecular formula is C25H29N3O5S. The first-order valence-electron chi connectivity index (χ1n) is 11.1. The van der Waals surface area contributed by atoms with Crippen LogP contribution in [0.1, 0.15) is 44.9 Å². The number of likely N-dealkylation sites (tertiary alicyclic amines) is 1. The van der Waals surface area contributed by atoms with Gasteiger partial charge in [0, 0.05) is 11.1 Å². The van der Waals surface area contributed by atoms with Crippen molar-refractivity contribution in [2.24, 2.45) is 0 Å². The van der Waals surface area contributed by atoms with Crippen molar-refractivity contribution >= 4 is 35.1 Å². The summed E-state index contributed by atoms with van der Waals surface area (Å²) in [6, 6.07) is 13.5. The molecule has 1 aromatic carbocycles. The molecule has 2 aromatic rings. The van der Waals surface area contributed by atoms with Crippen LogP contribution in [-0.4, -0.2) is 56.9 Å². The maximum absolute atomic E-state index is 12.8. The average molecular weight is 484 g/mol. The molecule has 2 amide bonds. The molecule has 0 saturated carbocycles. The van der Waals surface area contributed by atoms with Gasteiger partial charge in [-0.3, -0.25) is 14.6 Å². The molecule has 1 aliphatic heterocycles. The second kappa shape index (κ2) is 11.2. The number of esters is 1. The third-order valence-corrected chi connectivity index (χ3v) is 5.57. The van der Waals surface area contributed by atoms with E-state index in [0.29, 0.717) is 23.4 Å². The zero-order valence-electron chi connectivity index (χ0n) is 19.5. The van der Waals surface area contributed by atoms with Gasteiger partial charge in [-0.15, -0.1) is 0 Å². The van der Waals surface area contributed by atoms with Crippen LogP contribution >= 0.6 is 12.2 Å². The Bertz CT molecular complexity index is 1020. The Morgan fingerprint density at radius 1 is 1.12 bits per heavy atom. The molecule has 1 aromatic heterocycles. The molecule has 8 nitrogen and oxygen atoms in total. The summed E-state index contributed by atoms with van der Waals surface area (Å²) in [5.41, 5.74) is 0.856. The summed E-state index contributed by atoms with van der Waals surface area (Å²) in [4.78, 5) is 43.8. The second-order valence-electron chi connectivity index (χ2n) is 8.98. The summed E-state index contributed by atoms with van der Waals surface area (Å²) in [5, 5.41) is 2.64. The number of nitrogens with one attached hydrogen (secondary N) is 1. The lowest BCUT2D eigenvalue weighted by atomic mass is 9.90. The molecule has 2 atom stereocenters. The molecule has 1 saturated heterocycles. The highest BCUT2D eigenvalue weighted by Gasteiger charge is 2.49. The van der Waals surface area contributed by atoms with Crippen molar-refractivity contribution in [1.29, 1.82) is 0 Å². The van der Waals surface area contributed by atoms with E-state index in [1.807, 2.05) is 42.5 Å². The van der Waals surface area contributed by atoms with E-state index in [1.54, 1.807) is 33.0 Å². The molecular weight excluding hydrogens is 454 g/mol. The Balaban J connectivity index is 1.62. The molecule has 0 bridgehead atoms. The van der Waals surface area contributed by atoms with E-state index in [9.17, 15) is 14.4 Å². The lowest BCUT2D eigenvalue weighted by Crippen LogP contribution is -2.71. The van der Waals surface area contributed by atoms with Crippen molar-refractivity contribution in [3.63, 3.8) is 0 Å². The van der Waals surface area contributed by atoms with Gasteiger partial charge >= 0.3 is 12.1 Å². The Kier molecular flexibility index (Phi) is 8.33. The van der Waals surface area contributed by atoms with E-state index in [2.05, 4.69) is 10.3 Å². The number of β-lactam (4-membered cyclic amide) rings is 1. The predicted octanol–water partition coefficient (Wildman–Crippen LogP) is 3.43. The van der Waals surface area contributed by atoms with Crippen LogP contribution in [0.25, 0.3) is 0 Å². The number of alkyl carbamates (subject to hydrolysis) is 1. The van der Waals surface area contributed by atoms with Gasteiger partial charge in [0.2, 0.25) is 5.91 Å². The van der Waals surface area contributed by atoms with Crippen LogP contribution < -0.4 is 5.32 Å². The highest BCUT2D eigenvalue weighted by Crippen LogP contribution is 2.26. The van der Waals surface area contributed by atoms with Crippen LogP contribution in [0.4, 0.5) is 4.79 Å². The van der Waals surface area contributed by atoms with Crippen molar-refractivity contribution < 1.29 is 23.9 Å². The Morgan fingerprint density at radius 2 is 1.82 bits per heavy atom. The standard InChI is InChI=1S/C25H29N3O5S/c1-25(2,3)33-21(29)15-28-19(12-13-20(34)18-11-7-8-14-26-18)22(23(28)30)27-24(31)32-16-17-9-5-4-6-10-17/h4-11,14,19,22H,12-13,15-16H2,1-3H3,(H,27,31)/t19-,22+/m1/s1. The minimum Gasteiger partial charge on any atom is -0.459 e. The number of amides is 2. The normalized spacial score (nSPS) is 17.5. The first-order valence-corrected chi connectivity index (χ1v) is 11.5. The maximum Gasteiger partial charge on any atom is 0.408 e. The van der Waals surface area contributed by atoms with Gasteiger partial charge in [0.25, 0.3) is 0 Å². The van der Waals surface area contributed by atoms with Gasteiger partial charge in [0.05, 0.1) is 11.7 Å². The van der Waals surface area contributed by atoms with Crippen LogP contribution in [0.3, 0.4) is 0 Å².